The van der Waals surface area contributed by atoms with Gasteiger partial charge in [0.25, 0.3) is 0 Å². The number of hydrogen-bond acceptors (Lipinski definition) is 6. The number of aliphatic imine (C=N–C) groups is 1. The van der Waals surface area contributed by atoms with Crippen LogP contribution in [0.4, 0.5) is 5.69 Å². The number of methoxy groups -OCH3 is 2. The van der Waals surface area contributed by atoms with Gasteiger partial charge in [0.1, 0.15) is 0 Å². The molecule has 214 valence electrons. The van der Waals surface area contributed by atoms with Crippen LogP contribution in [0, 0.1) is 5.41 Å². The Morgan fingerprint density at radius 3 is 1.65 bits per heavy atom. The third kappa shape index (κ3) is 6.16. The molecule has 0 amide bonds. The molecule has 0 aliphatic heterocycles. The first kappa shape index (κ1) is 32.4. The highest BCUT2D eigenvalue weighted by Crippen LogP contribution is 2.43. The molecule has 0 atom stereocenters. The largest absolute Gasteiger partial charge is 0.466 e. The lowest BCUT2D eigenvalue weighted by Gasteiger charge is -2.31. The Morgan fingerprint density at radius 1 is 0.800 bits per heavy atom. The average Bonchev–Trinajstić information content (AvgIpc) is 2.93. The van der Waals surface area contributed by atoms with E-state index in [0.717, 1.165) is 27.8 Å². The van der Waals surface area contributed by atoms with E-state index in [4.69, 9.17) is 19.9 Å². The summed E-state index contributed by atoms with van der Waals surface area (Å²) in [5.74, 6) is -0.756. The normalized spacial score (nSPS) is 12.3. The van der Waals surface area contributed by atoms with Crippen LogP contribution in [-0.2, 0) is 29.9 Å². The van der Waals surface area contributed by atoms with Crippen LogP contribution in [-0.4, -0.2) is 38.1 Å². The molecule has 6 heteroatoms. The number of rotatable bonds is 11. The number of carbonyl (C=O) groups is 2. The maximum Gasteiger partial charge on any atom is 0.334 e. The van der Waals surface area contributed by atoms with E-state index in [2.05, 4.69) is 40.9 Å². The van der Waals surface area contributed by atoms with Crippen LogP contribution in [0.25, 0.3) is 0 Å². The Morgan fingerprint density at radius 2 is 1.23 bits per heavy atom. The van der Waals surface area contributed by atoms with Crippen molar-refractivity contribution in [2.75, 3.05) is 14.2 Å². The van der Waals surface area contributed by atoms with E-state index in [1.807, 2.05) is 64.1 Å². The molecule has 40 heavy (non-hydrogen) atoms. The summed E-state index contributed by atoms with van der Waals surface area (Å²) in [6, 6.07) is 11.9. The Bertz CT molecular complexity index is 1360. The van der Waals surface area contributed by atoms with Gasteiger partial charge in [0.05, 0.1) is 25.6 Å². The predicted octanol–water partition coefficient (Wildman–Crippen LogP) is 7.72. The van der Waals surface area contributed by atoms with Crippen molar-refractivity contribution in [2.45, 2.75) is 78.1 Å². The van der Waals surface area contributed by atoms with Crippen molar-refractivity contribution < 1.29 is 19.1 Å². The van der Waals surface area contributed by atoms with Crippen molar-refractivity contribution in [1.29, 1.82) is 5.41 Å². The van der Waals surface area contributed by atoms with Crippen molar-refractivity contribution in [3.63, 3.8) is 0 Å². The Hall–Kier alpha value is -3.80. The van der Waals surface area contributed by atoms with E-state index >= 15 is 0 Å². The molecule has 2 rings (SSSR count). The molecule has 0 saturated heterocycles. The standard InChI is InChI=1S/C34H44N2O4/c1-20(2)24-15-13-17-26(33(7,8)22(5)31(37)39-11)29(24)28(19-35)36-30-25(21(3)4)16-14-18-27(30)34(9,10)23(6)32(38)40-12/h13-21,35H,5-6H2,1-4,7-12H3. The zero-order valence-electron chi connectivity index (χ0n) is 25.7. The van der Waals surface area contributed by atoms with Crippen LogP contribution in [0.1, 0.15) is 95.0 Å². The van der Waals surface area contributed by atoms with Gasteiger partial charge in [0, 0.05) is 33.8 Å². The number of benzene rings is 2. The minimum atomic E-state index is -0.810. The van der Waals surface area contributed by atoms with Gasteiger partial charge in [-0.25, -0.2) is 14.6 Å². The number of nitrogens with zero attached hydrogens (tertiary/aromatic N) is 1. The Labute approximate surface area is 239 Å². The Balaban J connectivity index is 3.05. The quantitative estimate of drug-likeness (QED) is 0.178. The van der Waals surface area contributed by atoms with Crippen molar-refractivity contribution in [1.82, 2.24) is 0 Å². The van der Waals surface area contributed by atoms with Gasteiger partial charge in [-0.1, -0.05) is 105 Å². The van der Waals surface area contributed by atoms with E-state index in [-0.39, 0.29) is 11.8 Å². The zero-order chi connectivity index (χ0) is 30.6. The smallest absolute Gasteiger partial charge is 0.334 e. The van der Waals surface area contributed by atoms with Crippen molar-refractivity contribution in [3.8, 4) is 0 Å². The molecule has 0 radical (unpaired) electrons. The topological polar surface area (TPSA) is 88.8 Å². The molecule has 6 nitrogen and oxygen atoms in total. The molecule has 0 spiro atoms. The lowest BCUT2D eigenvalue weighted by molar-refractivity contribution is -0.137. The van der Waals surface area contributed by atoms with Crippen LogP contribution >= 0.6 is 0 Å². The molecule has 0 saturated carbocycles. The summed E-state index contributed by atoms with van der Waals surface area (Å²) in [6.45, 7) is 24.1. The van der Waals surface area contributed by atoms with Crippen molar-refractivity contribution >= 4 is 29.6 Å². The summed E-state index contributed by atoms with van der Waals surface area (Å²) >= 11 is 0. The van der Waals surface area contributed by atoms with Crippen LogP contribution in [0.3, 0.4) is 0 Å². The van der Waals surface area contributed by atoms with Crippen LogP contribution in [0.2, 0.25) is 0 Å². The first-order valence-corrected chi connectivity index (χ1v) is 13.5. The van der Waals surface area contributed by atoms with E-state index in [1.165, 1.54) is 20.4 Å². The predicted molar refractivity (Wildman–Crippen MR) is 164 cm³/mol. The minimum Gasteiger partial charge on any atom is -0.466 e. The number of para-hydroxylation sites is 1. The van der Waals surface area contributed by atoms with E-state index in [1.54, 1.807) is 0 Å². The molecule has 0 aromatic heterocycles. The number of carbonyl (C=O) groups excluding carboxylic acids is 2. The number of esters is 2. The van der Waals surface area contributed by atoms with Gasteiger partial charge in [-0.2, -0.15) is 0 Å². The fourth-order valence-electron chi connectivity index (χ4n) is 4.88. The summed E-state index contributed by atoms with van der Waals surface area (Å²) in [4.78, 5) is 30.3. The summed E-state index contributed by atoms with van der Waals surface area (Å²) in [7, 11) is 2.68. The molecule has 2 aromatic carbocycles. The average molecular weight is 545 g/mol. The molecule has 0 bridgehead atoms. The van der Waals surface area contributed by atoms with Crippen molar-refractivity contribution in [3.05, 3.63) is 88.5 Å². The van der Waals surface area contributed by atoms with Gasteiger partial charge in [0.2, 0.25) is 0 Å². The maximum atomic E-state index is 12.6. The van der Waals surface area contributed by atoms with Gasteiger partial charge in [-0.3, -0.25) is 0 Å². The molecule has 0 aliphatic carbocycles. The van der Waals surface area contributed by atoms with E-state index in [0.29, 0.717) is 22.5 Å². The molecule has 1 N–H and O–H groups in total. The first-order chi connectivity index (χ1) is 18.6. The van der Waals surface area contributed by atoms with Crippen LogP contribution < -0.4 is 0 Å². The number of ether oxygens (including phenoxy) is 2. The molecular formula is C34H44N2O4. The minimum absolute atomic E-state index is 0.109. The molecule has 0 heterocycles. The fraction of sp³-hybridized carbons (Fsp3) is 0.412. The second-order valence-corrected chi connectivity index (χ2v) is 11.7. The first-order valence-electron chi connectivity index (χ1n) is 13.5. The lowest BCUT2D eigenvalue weighted by atomic mass is 9.73. The fourth-order valence-corrected chi connectivity index (χ4v) is 4.88. The van der Waals surface area contributed by atoms with Gasteiger partial charge in [-0.05, 0) is 34.1 Å². The van der Waals surface area contributed by atoms with E-state index in [9.17, 15) is 9.59 Å². The molecule has 0 unspecified atom stereocenters. The molecular weight excluding hydrogens is 500 g/mol. The van der Waals surface area contributed by atoms with Gasteiger partial charge in [0.15, 0.2) is 0 Å². The number of hydrogen-bond donors (Lipinski definition) is 1. The third-order valence-corrected chi connectivity index (χ3v) is 7.75. The number of nitrogens with one attached hydrogen (secondary N) is 1. The van der Waals surface area contributed by atoms with Gasteiger partial charge < -0.3 is 14.9 Å². The second kappa shape index (κ2) is 12.6. The summed E-state index contributed by atoms with van der Waals surface area (Å²) in [6.07, 6.45) is 1.25. The van der Waals surface area contributed by atoms with Gasteiger partial charge in [-0.15, -0.1) is 0 Å². The summed E-state index contributed by atoms with van der Waals surface area (Å²) < 4.78 is 10.0. The molecule has 2 aromatic rings. The zero-order valence-corrected chi connectivity index (χ0v) is 25.7. The summed E-state index contributed by atoms with van der Waals surface area (Å²) in [5.41, 5.74) is 4.49. The third-order valence-electron chi connectivity index (χ3n) is 7.75. The van der Waals surface area contributed by atoms with Crippen molar-refractivity contribution in [2.24, 2.45) is 4.99 Å². The highest BCUT2D eigenvalue weighted by molar-refractivity contribution is 6.39. The van der Waals surface area contributed by atoms with E-state index < -0.39 is 22.8 Å². The maximum absolute atomic E-state index is 12.6. The second-order valence-electron chi connectivity index (χ2n) is 11.7. The molecule has 0 fully saturated rings. The highest BCUT2D eigenvalue weighted by atomic mass is 16.5. The summed E-state index contributed by atoms with van der Waals surface area (Å²) in [5, 5.41) is 8.54. The van der Waals surface area contributed by atoms with Crippen LogP contribution in [0.5, 0.6) is 0 Å². The molecule has 0 aliphatic rings. The Kier molecular flexibility index (Phi) is 10.2. The lowest BCUT2D eigenvalue weighted by Crippen LogP contribution is -2.29. The highest BCUT2D eigenvalue weighted by Gasteiger charge is 2.35. The SMILES string of the molecule is C=C(C(=O)OC)C(C)(C)c1cccc(C(C)C)c1N=C(C=N)c1c(C(C)C)cccc1C(C)(C)C(=C)C(=O)OC. The van der Waals surface area contributed by atoms with Crippen LogP contribution in [0.15, 0.2) is 65.7 Å². The van der Waals surface area contributed by atoms with Gasteiger partial charge >= 0.3 is 11.9 Å². The monoisotopic (exact) mass is 544 g/mol.